The lowest BCUT2D eigenvalue weighted by atomic mass is 10.3. The predicted molar refractivity (Wildman–Crippen MR) is 58.3 cm³/mol. The van der Waals surface area contributed by atoms with Crippen molar-refractivity contribution in [2.75, 3.05) is 0 Å². The van der Waals surface area contributed by atoms with E-state index in [2.05, 4.69) is 26.0 Å². The summed E-state index contributed by atoms with van der Waals surface area (Å²) in [5, 5.41) is 4.87. The normalized spacial score (nSPS) is 10.4. The lowest BCUT2D eigenvalue weighted by Gasteiger charge is -2.02. The second kappa shape index (κ2) is 4.11. The average Bonchev–Trinajstić information content (AvgIpc) is 2.56. The van der Waals surface area contributed by atoms with Gasteiger partial charge in [0.1, 0.15) is 4.60 Å². The van der Waals surface area contributed by atoms with Crippen LogP contribution in [0.25, 0.3) is 0 Å². The molecule has 2 heterocycles. The molecule has 14 heavy (non-hydrogen) atoms. The van der Waals surface area contributed by atoms with Crippen molar-refractivity contribution in [3.63, 3.8) is 0 Å². The van der Waals surface area contributed by atoms with Gasteiger partial charge in [0.05, 0.1) is 11.6 Å². The van der Waals surface area contributed by atoms with Crippen molar-refractivity contribution in [2.45, 2.75) is 6.54 Å². The molecule has 0 aromatic carbocycles. The highest BCUT2D eigenvalue weighted by atomic mass is 79.9. The minimum Gasteiger partial charge on any atom is -0.267 e. The summed E-state index contributed by atoms with van der Waals surface area (Å²) in [7, 11) is 0. The maximum atomic E-state index is 5.97. The number of hydrogen-bond donors (Lipinski definition) is 0. The van der Waals surface area contributed by atoms with Crippen LogP contribution in [0, 0.1) is 0 Å². The fourth-order valence-corrected chi connectivity index (χ4v) is 1.63. The number of hydrogen-bond acceptors (Lipinski definition) is 2. The number of pyridine rings is 1. The van der Waals surface area contributed by atoms with Gasteiger partial charge in [0.25, 0.3) is 0 Å². The molecule has 5 heteroatoms. The summed E-state index contributed by atoms with van der Waals surface area (Å²) in [4.78, 5) is 3.92. The Morgan fingerprint density at radius 2 is 2.29 bits per heavy atom. The molecule has 0 saturated heterocycles. The molecule has 0 bridgehead atoms. The molecular weight excluding hydrogens is 265 g/mol. The van der Waals surface area contributed by atoms with Gasteiger partial charge in [0.15, 0.2) is 0 Å². The van der Waals surface area contributed by atoms with Gasteiger partial charge in [0.2, 0.25) is 0 Å². The SMILES string of the molecule is Clc1cnccc1Cn1ccc(Br)n1. The molecule has 0 aliphatic carbocycles. The minimum absolute atomic E-state index is 0.660. The van der Waals surface area contributed by atoms with E-state index in [4.69, 9.17) is 11.6 Å². The maximum Gasteiger partial charge on any atom is 0.128 e. The van der Waals surface area contributed by atoms with Gasteiger partial charge in [-0.15, -0.1) is 0 Å². The molecule has 0 radical (unpaired) electrons. The molecular formula is C9H7BrClN3. The van der Waals surface area contributed by atoms with Gasteiger partial charge in [0, 0.05) is 18.6 Å². The molecule has 0 aliphatic heterocycles. The van der Waals surface area contributed by atoms with Crippen LogP contribution in [-0.4, -0.2) is 14.8 Å². The Bertz CT molecular complexity index is 441. The molecule has 0 spiro atoms. The Kier molecular flexibility index (Phi) is 2.84. The van der Waals surface area contributed by atoms with E-state index in [1.165, 1.54) is 0 Å². The number of halogens is 2. The van der Waals surface area contributed by atoms with Crippen molar-refractivity contribution >= 4 is 27.5 Å². The van der Waals surface area contributed by atoms with E-state index >= 15 is 0 Å². The van der Waals surface area contributed by atoms with Crippen molar-refractivity contribution in [3.8, 4) is 0 Å². The van der Waals surface area contributed by atoms with Crippen molar-refractivity contribution in [1.29, 1.82) is 0 Å². The van der Waals surface area contributed by atoms with Crippen molar-refractivity contribution in [3.05, 3.63) is 45.9 Å². The molecule has 2 aromatic heterocycles. The van der Waals surface area contributed by atoms with Crippen LogP contribution in [-0.2, 0) is 6.54 Å². The topological polar surface area (TPSA) is 30.7 Å². The van der Waals surface area contributed by atoms with E-state index < -0.39 is 0 Å². The zero-order chi connectivity index (χ0) is 9.97. The van der Waals surface area contributed by atoms with E-state index in [9.17, 15) is 0 Å². The zero-order valence-corrected chi connectivity index (χ0v) is 9.53. The van der Waals surface area contributed by atoms with Gasteiger partial charge in [-0.1, -0.05) is 11.6 Å². The second-order valence-electron chi connectivity index (χ2n) is 2.80. The lowest BCUT2D eigenvalue weighted by Crippen LogP contribution is -2.00. The first-order chi connectivity index (χ1) is 6.75. The largest absolute Gasteiger partial charge is 0.267 e. The molecule has 3 nitrogen and oxygen atoms in total. The molecule has 2 aromatic rings. The number of aromatic nitrogens is 3. The first kappa shape index (κ1) is 9.68. The van der Waals surface area contributed by atoms with Crippen molar-refractivity contribution in [2.24, 2.45) is 0 Å². The fourth-order valence-electron chi connectivity index (χ4n) is 1.13. The van der Waals surface area contributed by atoms with E-state index in [1.54, 1.807) is 12.4 Å². The molecule has 0 atom stereocenters. The van der Waals surface area contributed by atoms with Crippen LogP contribution in [0.15, 0.2) is 35.3 Å². The summed E-state index contributed by atoms with van der Waals surface area (Å²) in [6.45, 7) is 0.660. The van der Waals surface area contributed by atoms with Gasteiger partial charge < -0.3 is 0 Å². The van der Waals surface area contributed by atoms with Gasteiger partial charge in [-0.05, 0) is 33.6 Å². The highest BCUT2D eigenvalue weighted by Crippen LogP contribution is 2.15. The lowest BCUT2D eigenvalue weighted by molar-refractivity contribution is 0.681. The van der Waals surface area contributed by atoms with E-state index in [0.717, 1.165) is 10.2 Å². The third kappa shape index (κ3) is 2.13. The number of nitrogens with zero attached hydrogens (tertiary/aromatic N) is 3. The highest BCUT2D eigenvalue weighted by molar-refractivity contribution is 9.10. The van der Waals surface area contributed by atoms with Crippen LogP contribution in [0.1, 0.15) is 5.56 Å². The summed E-state index contributed by atoms with van der Waals surface area (Å²) >= 11 is 9.25. The molecule has 2 rings (SSSR count). The standard InChI is InChI=1S/C9H7BrClN3/c10-9-2-4-14(13-9)6-7-1-3-12-5-8(7)11/h1-5H,6H2. The molecule has 0 fully saturated rings. The molecule has 0 unspecified atom stereocenters. The predicted octanol–water partition coefficient (Wildman–Crippen LogP) is 2.74. The first-order valence-electron chi connectivity index (χ1n) is 4.03. The van der Waals surface area contributed by atoms with Crippen LogP contribution < -0.4 is 0 Å². The number of rotatable bonds is 2. The monoisotopic (exact) mass is 271 g/mol. The minimum atomic E-state index is 0.660. The van der Waals surface area contributed by atoms with Crippen molar-refractivity contribution < 1.29 is 0 Å². The highest BCUT2D eigenvalue weighted by Gasteiger charge is 2.01. The average molecular weight is 273 g/mol. The van der Waals surface area contributed by atoms with Gasteiger partial charge >= 0.3 is 0 Å². The molecule has 0 saturated carbocycles. The molecule has 72 valence electrons. The third-order valence-electron chi connectivity index (χ3n) is 1.80. The Labute approximate surface area is 94.9 Å². The van der Waals surface area contributed by atoms with E-state index in [-0.39, 0.29) is 0 Å². The Morgan fingerprint density at radius 3 is 2.93 bits per heavy atom. The summed E-state index contributed by atoms with van der Waals surface area (Å²) in [6, 6.07) is 3.77. The summed E-state index contributed by atoms with van der Waals surface area (Å²) < 4.78 is 2.63. The third-order valence-corrected chi connectivity index (χ3v) is 2.56. The molecule has 0 aliphatic rings. The van der Waals surface area contributed by atoms with Crippen LogP contribution in [0.4, 0.5) is 0 Å². The second-order valence-corrected chi connectivity index (χ2v) is 4.02. The smallest absolute Gasteiger partial charge is 0.128 e. The molecule has 0 amide bonds. The maximum absolute atomic E-state index is 5.97. The summed E-state index contributed by atoms with van der Waals surface area (Å²) in [6.07, 6.45) is 5.25. The summed E-state index contributed by atoms with van der Waals surface area (Å²) in [5.41, 5.74) is 1.01. The quantitative estimate of drug-likeness (QED) is 0.841. The van der Waals surface area contributed by atoms with Crippen LogP contribution in [0.5, 0.6) is 0 Å². The van der Waals surface area contributed by atoms with Gasteiger partial charge in [-0.2, -0.15) is 5.10 Å². The fraction of sp³-hybridized carbons (Fsp3) is 0.111. The van der Waals surface area contributed by atoms with E-state index in [0.29, 0.717) is 11.6 Å². The van der Waals surface area contributed by atoms with Gasteiger partial charge in [-0.3, -0.25) is 9.67 Å². The zero-order valence-electron chi connectivity index (χ0n) is 7.19. The van der Waals surface area contributed by atoms with Crippen LogP contribution in [0.3, 0.4) is 0 Å². The Hall–Kier alpha value is -0.870. The van der Waals surface area contributed by atoms with Crippen LogP contribution in [0.2, 0.25) is 5.02 Å². The Balaban J connectivity index is 2.23. The van der Waals surface area contributed by atoms with Crippen molar-refractivity contribution in [1.82, 2.24) is 14.8 Å². The van der Waals surface area contributed by atoms with Gasteiger partial charge in [-0.25, -0.2) is 0 Å². The van der Waals surface area contributed by atoms with E-state index in [1.807, 2.05) is 23.0 Å². The summed E-state index contributed by atoms with van der Waals surface area (Å²) in [5.74, 6) is 0. The van der Waals surface area contributed by atoms with Crippen LogP contribution >= 0.6 is 27.5 Å². The Morgan fingerprint density at radius 1 is 1.43 bits per heavy atom. The first-order valence-corrected chi connectivity index (χ1v) is 5.20. The molecule has 0 N–H and O–H groups in total.